The lowest BCUT2D eigenvalue weighted by atomic mass is 9.98. The molecule has 6 nitrogen and oxygen atoms in total. The molecule has 0 amide bonds. The maximum atomic E-state index is 10.1. The van der Waals surface area contributed by atoms with Crippen molar-refractivity contribution in [1.29, 1.82) is 0 Å². The van der Waals surface area contributed by atoms with Crippen LogP contribution in [-0.4, -0.2) is 40.9 Å². The van der Waals surface area contributed by atoms with Crippen molar-refractivity contribution < 1.29 is 9.84 Å². The summed E-state index contributed by atoms with van der Waals surface area (Å²) in [5.41, 5.74) is 5.23. The number of aromatic nitrogens is 2. The predicted octanol–water partition coefficient (Wildman–Crippen LogP) is 0.947. The normalized spacial score (nSPS) is 24.3. The van der Waals surface area contributed by atoms with Gasteiger partial charge in [-0.3, -0.25) is 0 Å². The highest BCUT2D eigenvalue weighted by Gasteiger charge is 2.25. The fourth-order valence-corrected chi connectivity index (χ4v) is 2.35. The van der Waals surface area contributed by atoms with E-state index in [1.165, 1.54) is 0 Å². The molecule has 1 aliphatic heterocycles. The topological polar surface area (TPSA) is 84.5 Å². The summed E-state index contributed by atoms with van der Waals surface area (Å²) in [6, 6.07) is 1.78. The molecule has 1 aliphatic rings. The smallest absolute Gasteiger partial charge is 0.158 e. The highest BCUT2D eigenvalue weighted by Crippen LogP contribution is 2.25. The number of nitrogens with two attached hydrogens (primary N) is 1. The summed E-state index contributed by atoms with van der Waals surface area (Å²) in [4.78, 5) is 10.8. The lowest BCUT2D eigenvalue weighted by Crippen LogP contribution is -2.29. The molecule has 1 aromatic heterocycles. The third-order valence-corrected chi connectivity index (χ3v) is 3.44. The van der Waals surface area contributed by atoms with Gasteiger partial charge in [0.25, 0.3) is 0 Å². The lowest BCUT2D eigenvalue weighted by molar-refractivity contribution is 0.0481. The van der Waals surface area contributed by atoms with Gasteiger partial charge < -0.3 is 20.5 Å². The van der Waals surface area contributed by atoms with Crippen LogP contribution >= 0.6 is 0 Å². The number of anilines is 2. The number of nitrogens with zero attached hydrogens (tertiary/aromatic N) is 3. The van der Waals surface area contributed by atoms with E-state index in [4.69, 9.17) is 10.5 Å². The second kappa shape index (κ2) is 5.71. The summed E-state index contributed by atoms with van der Waals surface area (Å²) >= 11 is 0. The first-order chi connectivity index (χ1) is 9.00. The summed E-state index contributed by atoms with van der Waals surface area (Å²) < 4.78 is 5.04. The van der Waals surface area contributed by atoms with Gasteiger partial charge in [-0.25, -0.2) is 9.97 Å². The molecule has 0 radical (unpaired) electrons. The molecule has 1 unspecified atom stereocenters. The SMILES string of the molecule is COCc1nc(N)cc(N2CCCC(C)(O)CC2)n1. The largest absolute Gasteiger partial charge is 0.390 e. The first-order valence-electron chi connectivity index (χ1n) is 6.60. The van der Waals surface area contributed by atoms with Crippen molar-refractivity contribution in [3.8, 4) is 0 Å². The van der Waals surface area contributed by atoms with Crippen molar-refractivity contribution in [2.24, 2.45) is 0 Å². The maximum absolute atomic E-state index is 10.1. The number of rotatable bonds is 3. The maximum Gasteiger partial charge on any atom is 0.158 e. The van der Waals surface area contributed by atoms with Gasteiger partial charge in [-0.05, 0) is 26.2 Å². The van der Waals surface area contributed by atoms with Crippen LogP contribution in [0.2, 0.25) is 0 Å². The Labute approximate surface area is 113 Å². The molecule has 0 bridgehead atoms. The molecule has 0 saturated carbocycles. The van der Waals surface area contributed by atoms with Gasteiger partial charge in [0, 0.05) is 26.3 Å². The van der Waals surface area contributed by atoms with E-state index in [2.05, 4.69) is 14.9 Å². The minimum absolute atomic E-state index is 0.351. The average Bonchev–Trinajstić information content (AvgIpc) is 2.50. The first-order valence-corrected chi connectivity index (χ1v) is 6.60. The standard InChI is InChI=1S/C13H22N4O2/c1-13(18)4-3-6-17(7-5-13)12-8-10(14)15-11(16-12)9-19-2/h8,18H,3-7,9H2,1-2H3,(H2,14,15,16). The molecule has 19 heavy (non-hydrogen) atoms. The lowest BCUT2D eigenvalue weighted by Gasteiger charge is -2.23. The number of ether oxygens (including phenoxy) is 1. The second-order valence-corrected chi connectivity index (χ2v) is 5.34. The van der Waals surface area contributed by atoms with Crippen molar-refractivity contribution >= 4 is 11.6 Å². The Morgan fingerprint density at radius 3 is 2.95 bits per heavy atom. The molecule has 1 aromatic rings. The minimum Gasteiger partial charge on any atom is -0.390 e. The van der Waals surface area contributed by atoms with Crippen molar-refractivity contribution in [3.05, 3.63) is 11.9 Å². The molecule has 0 aliphatic carbocycles. The molecule has 106 valence electrons. The molecule has 0 aromatic carbocycles. The summed E-state index contributed by atoms with van der Waals surface area (Å²) in [6.45, 7) is 3.89. The predicted molar refractivity (Wildman–Crippen MR) is 73.8 cm³/mol. The van der Waals surface area contributed by atoms with E-state index in [9.17, 15) is 5.11 Å². The fourth-order valence-electron chi connectivity index (χ4n) is 2.35. The molecule has 2 heterocycles. The van der Waals surface area contributed by atoms with Crippen molar-refractivity contribution in [2.45, 2.75) is 38.4 Å². The summed E-state index contributed by atoms with van der Waals surface area (Å²) in [7, 11) is 1.61. The quantitative estimate of drug-likeness (QED) is 0.847. The van der Waals surface area contributed by atoms with Crippen LogP contribution in [-0.2, 0) is 11.3 Å². The van der Waals surface area contributed by atoms with E-state index in [1.54, 1.807) is 13.2 Å². The Hall–Kier alpha value is -1.40. The van der Waals surface area contributed by atoms with E-state index in [0.717, 1.165) is 38.2 Å². The van der Waals surface area contributed by atoms with Gasteiger partial charge in [-0.2, -0.15) is 0 Å². The van der Waals surface area contributed by atoms with E-state index >= 15 is 0 Å². The van der Waals surface area contributed by atoms with Crippen LogP contribution in [0.15, 0.2) is 6.07 Å². The molecule has 3 N–H and O–H groups in total. The fraction of sp³-hybridized carbons (Fsp3) is 0.692. The van der Waals surface area contributed by atoms with Crippen molar-refractivity contribution in [3.63, 3.8) is 0 Å². The van der Waals surface area contributed by atoms with Gasteiger partial charge in [0.05, 0.1) is 5.60 Å². The number of aliphatic hydroxyl groups is 1. The Morgan fingerprint density at radius 1 is 1.42 bits per heavy atom. The molecule has 1 atom stereocenters. The van der Waals surface area contributed by atoms with Crippen molar-refractivity contribution in [1.82, 2.24) is 9.97 Å². The zero-order valence-corrected chi connectivity index (χ0v) is 11.6. The third kappa shape index (κ3) is 3.78. The zero-order valence-electron chi connectivity index (χ0n) is 11.6. The molecule has 1 saturated heterocycles. The second-order valence-electron chi connectivity index (χ2n) is 5.34. The molecule has 1 fully saturated rings. The Bertz CT molecular complexity index is 437. The molecular weight excluding hydrogens is 244 g/mol. The zero-order chi connectivity index (χ0) is 13.9. The minimum atomic E-state index is -0.581. The molecule has 0 spiro atoms. The van der Waals surface area contributed by atoms with Crippen LogP contribution < -0.4 is 10.6 Å². The van der Waals surface area contributed by atoms with Crippen molar-refractivity contribution in [2.75, 3.05) is 30.8 Å². The van der Waals surface area contributed by atoms with Crippen LogP contribution in [0.25, 0.3) is 0 Å². The Kier molecular flexibility index (Phi) is 4.21. The average molecular weight is 266 g/mol. The first kappa shape index (κ1) is 14.0. The van der Waals surface area contributed by atoms with Crippen LogP contribution in [0.4, 0.5) is 11.6 Å². The van der Waals surface area contributed by atoms with Gasteiger partial charge in [0.1, 0.15) is 18.2 Å². The van der Waals surface area contributed by atoms with Crippen LogP contribution in [0.1, 0.15) is 32.0 Å². The number of methoxy groups -OCH3 is 1. The van der Waals surface area contributed by atoms with Crippen LogP contribution in [0, 0.1) is 0 Å². The highest BCUT2D eigenvalue weighted by molar-refractivity contribution is 5.47. The summed E-state index contributed by atoms with van der Waals surface area (Å²) in [6.07, 6.45) is 2.49. The van der Waals surface area contributed by atoms with Gasteiger partial charge in [0.15, 0.2) is 5.82 Å². The van der Waals surface area contributed by atoms with Gasteiger partial charge in [-0.1, -0.05) is 0 Å². The third-order valence-electron chi connectivity index (χ3n) is 3.44. The van der Waals surface area contributed by atoms with E-state index in [-0.39, 0.29) is 0 Å². The molecule has 6 heteroatoms. The monoisotopic (exact) mass is 266 g/mol. The van der Waals surface area contributed by atoms with Gasteiger partial charge in [-0.15, -0.1) is 0 Å². The van der Waals surface area contributed by atoms with Crippen LogP contribution in [0.5, 0.6) is 0 Å². The summed E-state index contributed by atoms with van der Waals surface area (Å²) in [5, 5.41) is 10.1. The van der Waals surface area contributed by atoms with E-state index in [0.29, 0.717) is 18.2 Å². The van der Waals surface area contributed by atoms with Crippen LogP contribution in [0.3, 0.4) is 0 Å². The van der Waals surface area contributed by atoms with E-state index in [1.807, 2.05) is 6.92 Å². The summed E-state index contributed by atoms with van der Waals surface area (Å²) in [5.74, 6) is 1.86. The Balaban J connectivity index is 2.16. The van der Waals surface area contributed by atoms with E-state index < -0.39 is 5.60 Å². The Morgan fingerprint density at radius 2 is 2.21 bits per heavy atom. The number of hydrogen-bond acceptors (Lipinski definition) is 6. The van der Waals surface area contributed by atoms with Gasteiger partial charge in [0.2, 0.25) is 0 Å². The van der Waals surface area contributed by atoms with Gasteiger partial charge >= 0.3 is 0 Å². The molecule has 2 rings (SSSR count). The number of nitrogen functional groups attached to an aromatic ring is 1. The number of hydrogen-bond donors (Lipinski definition) is 2. The molecular formula is C13H22N4O2. The highest BCUT2D eigenvalue weighted by atomic mass is 16.5.